The number of benzene rings is 1. The Morgan fingerprint density at radius 2 is 1.94 bits per heavy atom. The van der Waals surface area contributed by atoms with Crippen LogP contribution < -0.4 is 9.47 Å². The molecule has 0 unspecified atom stereocenters. The molecule has 0 atom stereocenters. The van der Waals surface area contributed by atoms with Gasteiger partial charge in [-0.1, -0.05) is 24.6 Å². The molecule has 0 saturated carbocycles. The zero-order valence-electron chi connectivity index (χ0n) is 9.92. The Balaban J connectivity index is 3.03. The van der Waals surface area contributed by atoms with Crippen LogP contribution in [-0.4, -0.2) is 20.1 Å². The predicted octanol–water partition coefficient (Wildman–Crippen LogP) is 3.74. The summed E-state index contributed by atoms with van der Waals surface area (Å²) in [5.41, 5.74) is 2.28. The fraction of sp³-hybridized carbons (Fsp3) is 0.385. The lowest BCUT2D eigenvalue weighted by Gasteiger charge is -2.08. The molecule has 0 radical (unpaired) electrons. The standard InChI is InChI=1S/C13H17ClO2/c1-4-10(9-14)7-11-5-6-12(15-2)13(8-11)16-3/h5-8H,4,9H2,1-3H3. The third kappa shape index (κ3) is 3.17. The fourth-order valence-electron chi connectivity index (χ4n) is 1.41. The fourth-order valence-corrected chi connectivity index (χ4v) is 1.68. The molecule has 0 saturated heterocycles. The van der Waals surface area contributed by atoms with Gasteiger partial charge in [-0.15, -0.1) is 11.6 Å². The third-order valence-electron chi connectivity index (χ3n) is 2.40. The van der Waals surface area contributed by atoms with Gasteiger partial charge < -0.3 is 9.47 Å². The highest BCUT2D eigenvalue weighted by atomic mass is 35.5. The van der Waals surface area contributed by atoms with Crippen LogP contribution >= 0.6 is 11.6 Å². The van der Waals surface area contributed by atoms with Crippen molar-refractivity contribution in [2.24, 2.45) is 0 Å². The Morgan fingerprint density at radius 3 is 2.44 bits per heavy atom. The van der Waals surface area contributed by atoms with Gasteiger partial charge in [-0.25, -0.2) is 0 Å². The molecule has 88 valence electrons. The first-order chi connectivity index (χ1) is 7.74. The molecule has 0 bridgehead atoms. The molecule has 0 aromatic heterocycles. The van der Waals surface area contributed by atoms with Gasteiger partial charge in [-0.05, 0) is 24.1 Å². The van der Waals surface area contributed by atoms with Gasteiger partial charge in [-0.2, -0.15) is 0 Å². The number of ether oxygens (including phenoxy) is 2. The molecular weight excluding hydrogens is 224 g/mol. The van der Waals surface area contributed by atoms with E-state index in [0.717, 1.165) is 23.5 Å². The molecule has 0 N–H and O–H groups in total. The van der Waals surface area contributed by atoms with Crippen molar-refractivity contribution in [3.8, 4) is 11.5 Å². The molecule has 3 heteroatoms. The molecule has 16 heavy (non-hydrogen) atoms. The summed E-state index contributed by atoms with van der Waals surface area (Å²) < 4.78 is 10.4. The van der Waals surface area contributed by atoms with Crippen LogP contribution in [0.5, 0.6) is 11.5 Å². The highest BCUT2D eigenvalue weighted by Crippen LogP contribution is 2.28. The summed E-state index contributed by atoms with van der Waals surface area (Å²) in [5.74, 6) is 2.04. The maximum absolute atomic E-state index is 5.83. The monoisotopic (exact) mass is 240 g/mol. The minimum Gasteiger partial charge on any atom is -0.493 e. The molecule has 0 fully saturated rings. The van der Waals surface area contributed by atoms with Gasteiger partial charge in [0.25, 0.3) is 0 Å². The van der Waals surface area contributed by atoms with Crippen molar-refractivity contribution in [3.63, 3.8) is 0 Å². The molecule has 0 amide bonds. The first-order valence-electron chi connectivity index (χ1n) is 5.22. The van der Waals surface area contributed by atoms with Crippen molar-refractivity contribution in [1.29, 1.82) is 0 Å². The summed E-state index contributed by atoms with van der Waals surface area (Å²) in [6.07, 6.45) is 3.03. The number of rotatable bonds is 5. The highest BCUT2D eigenvalue weighted by Gasteiger charge is 2.03. The van der Waals surface area contributed by atoms with E-state index >= 15 is 0 Å². The van der Waals surface area contributed by atoms with Crippen molar-refractivity contribution in [2.45, 2.75) is 13.3 Å². The Bertz CT molecular complexity index is 366. The predicted molar refractivity (Wildman–Crippen MR) is 68.5 cm³/mol. The summed E-state index contributed by atoms with van der Waals surface area (Å²) in [4.78, 5) is 0. The summed E-state index contributed by atoms with van der Waals surface area (Å²) >= 11 is 5.83. The number of allylic oxidation sites excluding steroid dienone is 1. The zero-order valence-corrected chi connectivity index (χ0v) is 10.7. The Kier molecular flexibility index (Phi) is 5.20. The van der Waals surface area contributed by atoms with E-state index in [-0.39, 0.29) is 0 Å². The number of hydrogen-bond donors (Lipinski definition) is 0. The van der Waals surface area contributed by atoms with Gasteiger partial charge >= 0.3 is 0 Å². The average molecular weight is 241 g/mol. The second-order valence-electron chi connectivity index (χ2n) is 3.40. The second kappa shape index (κ2) is 6.44. The maximum Gasteiger partial charge on any atom is 0.161 e. The van der Waals surface area contributed by atoms with Crippen LogP contribution in [0.4, 0.5) is 0 Å². The minimum atomic E-state index is 0.560. The molecule has 1 rings (SSSR count). The first-order valence-corrected chi connectivity index (χ1v) is 5.76. The Morgan fingerprint density at radius 1 is 1.25 bits per heavy atom. The lowest BCUT2D eigenvalue weighted by Crippen LogP contribution is -1.91. The SMILES string of the molecule is CCC(=Cc1ccc(OC)c(OC)c1)CCl. The van der Waals surface area contributed by atoms with Crippen molar-refractivity contribution >= 4 is 17.7 Å². The minimum absolute atomic E-state index is 0.560. The normalized spacial score (nSPS) is 11.4. The molecule has 0 spiro atoms. The molecule has 0 aliphatic rings. The second-order valence-corrected chi connectivity index (χ2v) is 3.67. The number of methoxy groups -OCH3 is 2. The molecule has 2 nitrogen and oxygen atoms in total. The largest absolute Gasteiger partial charge is 0.493 e. The van der Waals surface area contributed by atoms with Crippen molar-refractivity contribution in [3.05, 3.63) is 29.3 Å². The lowest BCUT2D eigenvalue weighted by molar-refractivity contribution is 0.355. The molecule has 0 aliphatic heterocycles. The topological polar surface area (TPSA) is 18.5 Å². The number of hydrogen-bond acceptors (Lipinski definition) is 2. The van der Waals surface area contributed by atoms with Crippen LogP contribution in [0.25, 0.3) is 6.08 Å². The first kappa shape index (κ1) is 12.9. The van der Waals surface area contributed by atoms with E-state index in [9.17, 15) is 0 Å². The maximum atomic E-state index is 5.83. The van der Waals surface area contributed by atoms with Crippen LogP contribution in [0, 0.1) is 0 Å². The van der Waals surface area contributed by atoms with Gasteiger partial charge in [0.1, 0.15) is 0 Å². The van der Waals surface area contributed by atoms with Gasteiger partial charge in [0.05, 0.1) is 14.2 Å². The summed E-state index contributed by atoms with van der Waals surface area (Å²) in [7, 11) is 3.26. The van der Waals surface area contributed by atoms with Crippen molar-refractivity contribution in [2.75, 3.05) is 20.1 Å². The van der Waals surface area contributed by atoms with Crippen molar-refractivity contribution in [1.82, 2.24) is 0 Å². The Labute approximate surface area is 102 Å². The summed E-state index contributed by atoms with van der Waals surface area (Å²) in [5, 5.41) is 0. The van der Waals surface area contributed by atoms with E-state index in [2.05, 4.69) is 13.0 Å². The van der Waals surface area contributed by atoms with Crippen LogP contribution in [0.15, 0.2) is 23.8 Å². The smallest absolute Gasteiger partial charge is 0.161 e. The quantitative estimate of drug-likeness (QED) is 0.730. The van der Waals surface area contributed by atoms with Crippen LogP contribution in [-0.2, 0) is 0 Å². The molecule has 1 aromatic rings. The lowest BCUT2D eigenvalue weighted by atomic mass is 10.1. The zero-order chi connectivity index (χ0) is 12.0. The molecule has 0 heterocycles. The van der Waals surface area contributed by atoms with E-state index in [1.807, 2.05) is 18.2 Å². The van der Waals surface area contributed by atoms with E-state index < -0.39 is 0 Å². The van der Waals surface area contributed by atoms with Gasteiger partial charge in [0.2, 0.25) is 0 Å². The molecular formula is C13H17ClO2. The number of halogens is 1. The third-order valence-corrected chi connectivity index (χ3v) is 2.75. The molecule has 1 aromatic carbocycles. The van der Waals surface area contributed by atoms with Gasteiger partial charge in [-0.3, -0.25) is 0 Å². The number of alkyl halides is 1. The van der Waals surface area contributed by atoms with Gasteiger partial charge in [0.15, 0.2) is 11.5 Å². The summed E-state index contributed by atoms with van der Waals surface area (Å²) in [6, 6.07) is 5.83. The van der Waals surface area contributed by atoms with E-state index in [0.29, 0.717) is 5.88 Å². The van der Waals surface area contributed by atoms with E-state index in [4.69, 9.17) is 21.1 Å². The van der Waals surface area contributed by atoms with Gasteiger partial charge in [0, 0.05) is 5.88 Å². The van der Waals surface area contributed by atoms with E-state index in [1.165, 1.54) is 5.57 Å². The van der Waals surface area contributed by atoms with Crippen molar-refractivity contribution < 1.29 is 9.47 Å². The van der Waals surface area contributed by atoms with Crippen LogP contribution in [0.2, 0.25) is 0 Å². The average Bonchev–Trinajstić information content (AvgIpc) is 2.35. The Hall–Kier alpha value is -1.15. The van der Waals surface area contributed by atoms with Crippen LogP contribution in [0.1, 0.15) is 18.9 Å². The molecule has 0 aliphatic carbocycles. The van der Waals surface area contributed by atoms with Crippen LogP contribution in [0.3, 0.4) is 0 Å². The highest BCUT2D eigenvalue weighted by molar-refractivity contribution is 6.19. The summed E-state index contributed by atoms with van der Waals surface area (Å²) in [6.45, 7) is 2.09. The van der Waals surface area contributed by atoms with E-state index in [1.54, 1.807) is 14.2 Å².